The molecule has 1 aromatic heterocycles. The molecule has 0 saturated carbocycles. The van der Waals surface area contributed by atoms with E-state index < -0.39 is 12.1 Å². The van der Waals surface area contributed by atoms with Gasteiger partial charge in [-0.3, -0.25) is 19.3 Å². The Morgan fingerprint density at radius 2 is 1.64 bits per heavy atom. The van der Waals surface area contributed by atoms with Crippen molar-refractivity contribution in [2.45, 2.75) is 32.3 Å². The van der Waals surface area contributed by atoms with Crippen LogP contribution in [-0.2, 0) is 14.3 Å². The monoisotopic (exact) mass is 525 g/mol. The molecule has 9 heteroatoms. The van der Waals surface area contributed by atoms with E-state index in [1.165, 1.54) is 11.8 Å². The van der Waals surface area contributed by atoms with E-state index in [1.807, 2.05) is 36.4 Å². The summed E-state index contributed by atoms with van der Waals surface area (Å²) >= 11 is 0. The summed E-state index contributed by atoms with van der Waals surface area (Å²) < 4.78 is 5.65. The number of hydrogen-bond acceptors (Lipinski definition) is 6. The maximum Gasteiger partial charge on any atom is 0.303 e. The molecule has 39 heavy (non-hydrogen) atoms. The zero-order valence-electron chi connectivity index (χ0n) is 21.8. The average Bonchev–Trinajstić information content (AvgIpc) is 3.33. The van der Waals surface area contributed by atoms with Crippen molar-refractivity contribution in [3.63, 3.8) is 0 Å². The van der Waals surface area contributed by atoms with Crippen LogP contribution in [0.3, 0.4) is 0 Å². The quantitative estimate of drug-likeness (QED) is 0.206. The van der Waals surface area contributed by atoms with Crippen molar-refractivity contribution in [2.75, 3.05) is 29.9 Å². The standard InChI is InChI=1S/C30H31N5O4/c1-20(36)39-28-21-11-3-4-12-22(21)29(38)35(26-16-8-5-13-23(26)28)19-27(37)31-17-9-2-10-18-32-30-33-24-14-6-7-15-25(24)34-30/h3-8,11-16,28H,2,9-10,17-19H2,1H3,(H,31,37)(H2,32,33,34). The number of benzene rings is 3. The van der Waals surface area contributed by atoms with Gasteiger partial charge in [0.25, 0.3) is 5.91 Å². The molecule has 0 fully saturated rings. The molecule has 0 bridgehead atoms. The van der Waals surface area contributed by atoms with Gasteiger partial charge in [-0.2, -0.15) is 0 Å². The Labute approximate surface area is 226 Å². The Kier molecular flexibility index (Phi) is 7.86. The lowest BCUT2D eigenvalue weighted by molar-refractivity contribution is -0.144. The number of unbranched alkanes of at least 4 members (excludes halogenated alkanes) is 2. The SMILES string of the molecule is CC(=O)OC1c2ccccc2C(=O)N(CC(=O)NCCCCCNc2nc3ccccc3[nH]2)c2ccccc21. The highest BCUT2D eigenvalue weighted by Gasteiger charge is 2.34. The first-order chi connectivity index (χ1) is 19.0. The number of esters is 1. The smallest absolute Gasteiger partial charge is 0.303 e. The van der Waals surface area contributed by atoms with E-state index in [0.717, 1.165) is 42.8 Å². The fraction of sp³-hybridized carbons (Fsp3) is 0.267. The molecule has 9 nitrogen and oxygen atoms in total. The number of aromatic nitrogens is 2. The third kappa shape index (κ3) is 5.93. The molecule has 3 aromatic carbocycles. The number of nitrogens with one attached hydrogen (secondary N) is 3. The summed E-state index contributed by atoms with van der Waals surface area (Å²) in [6.45, 7) is 2.50. The van der Waals surface area contributed by atoms with E-state index in [4.69, 9.17) is 4.74 Å². The number of aromatic amines is 1. The summed E-state index contributed by atoms with van der Waals surface area (Å²) in [6, 6.07) is 22.2. The molecule has 4 aromatic rings. The van der Waals surface area contributed by atoms with E-state index in [1.54, 1.807) is 36.4 Å². The van der Waals surface area contributed by atoms with Crippen LogP contribution in [-0.4, -0.2) is 47.4 Å². The van der Waals surface area contributed by atoms with Gasteiger partial charge in [-0.05, 0) is 43.5 Å². The number of para-hydroxylation sites is 3. The van der Waals surface area contributed by atoms with Gasteiger partial charge in [0.1, 0.15) is 6.54 Å². The van der Waals surface area contributed by atoms with Gasteiger partial charge in [0, 0.05) is 36.7 Å². The normalized spacial score (nSPS) is 14.3. The molecular weight excluding hydrogens is 494 g/mol. The molecule has 2 heterocycles. The maximum atomic E-state index is 13.6. The highest BCUT2D eigenvalue weighted by molar-refractivity contribution is 6.11. The topological polar surface area (TPSA) is 116 Å². The Hall–Kier alpha value is -4.66. The van der Waals surface area contributed by atoms with Crippen LogP contribution in [0.5, 0.6) is 0 Å². The molecule has 0 saturated heterocycles. The number of amides is 2. The molecular formula is C30H31N5O4. The van der Waals surface area contributed by atoms with Crippen LogP contribution < -0.4 is 15.5 Å². The molecule has 0 aliphatic carbocycles. The second-order valence-electron chi connectivity index (χ2n) is 9.47. The molecule has 1 atom stereocenters. The van der Waals surface area contributed by atoms with Crippen LogP contribution in [0.25, 0.3) is 11.0 Å². The minimum absolute atomic E-state index is 0.134. The first kappa shape index (κ1) is 26.0. The number of rotatable bonds is 10. The number of hydrogen-bond donors (Lipinski definition) is 3. The largest absolute Gasteiger partial charge is 0.453 e. The number of ether oxygens (including phenoxy) is 1. The fourth-order valence-electron chi connectivity index (χ4n) is 4.85. The summed E-state index contributed by atoms with van der Waals surface area (Å²) in [6.07, 6.45) is 1.94. The predicted molar refractivity (Wildman–Crippen MR) is 150 cm³/mol. The molecule has 200 valence electrons. The van der Waals surface area contributed by atoms with Gasteiger partial charge in [0.2, 0.25) is 11.9 Å². The number of anilines is 2. The zero-order chi connectivity index (χ0) is 27.2. The molecule has 1 unspecified atom stereocenters. The van der Waals surface area contributed by atoms with Crippen LogP contribution in [0.1, 0.15) is 53.8 Å². The minimum atomic E-state index is -0.736. The Morgan fingerprint density at radius 1 is 0.923 bits per heavy atom. The third-order valence-corrected chi connectivity index (χ3v) is 6.67. The Morgan fingerprint density at radius 3 is 2.46 bits per heavy atom. The second-order valence-corrected chi connectivity index (χ2v) is 9.47. The van der Waals surface area contributed by atoms with Gasteiger partial charge in [-0.1, -0.05) is 48.5 Å². The first-order valence-corrected chi connectivity index (χ1v) is 13.1. The van der Waals surface area contributed by atoms with Crippen molar-refractivity contribution in [1.29, 1.82) is 0 Å². The lowest BCUT2D eigenvalue weighted by Crippen LogP contribution is -2.41. The van der Waals surface area contributed by atoms with Gasteiger partial charge in [0.05, 0.1) is 16.7 Å². The number of carbonyl (C=O) groups excluding carboxylic acids is 3. The molecule has 2 amide bonds. The van der Waals surface area contributed by atoms with E-state index >= 15 is 0 Å². The van der Waals surface area contributed by atoms with E-state index in [9.17, 15) is 14.4 Å². The number of carbonyl (C=O) groups is 3. The summed E-state index contributed by atoms with van der Waals surface area (Å²) in [4.78, 5) is 47.6. The molecule has 5 rings (SSSR count). The van der Waals surface area contributed by atoms with Crippen molar-refractivity contribution >= 4 is 40.5 Å². The zero-order valence-corrected chi connectivity index (χ0v) is 21.8. The summed E-state index contributed by atoms with van der Waals surface area (Å²) in [7, 11) is 0. The summed E-state index contributed by atoms with van der Waals surface area (Å²) in [5.41, 5.74) is 4.15. The van der Waals surface area contributed by atoms with Gasteiger partial charge in [-0.25, -0.2) is 4.98 Å². The van der Waals surface area contributed by atoms with Gasteiger partial charge in [-0.15, -0.1) is 0 Å². The maximum absolute atomic E-state index is 13.6. The average molecular weight is 526 g/mol. The highest BCUT2D eigenvalue weighted by Crippen LogP contribution is 2.39. The first-order valence-electron chi connectivity index (χ1n) is 13.1. The predicted octanol–water partition coefficient (Wildman–Crippen LogP) is 4.57. The Bertz CT molecular complexity index is 1460. The van der Waals surface area contributed by atoms with Crippen molar-refractivity contribution in [3.8, 4) is 0 Å². The molecule has 0 spiro atoms. The lowest BCUT2D eigenvalue weighted by atomic mass is 9.97. The molecule has 1 aliphatic rings. The number of imidazole rings is 1. The van der Waals surface area contributed by atoms with Crippen LogP contribution in [0.15, 0.2) is 72.8 Å². The summed E-state index contributed by atoms with van der Waals surface area (Å²) in [5.74, 6) is -0.248. The summed E-state index contributed by atoms with van der Waals surface area (Å²) in [5, 5.41) is 6.24. The number of H-pyrrole nitrogens is 1. The van der Waals surface area contributed by atoms with E-state index in [2.05, 4.69) is 20.6 Å². The van der Waals surface area contributed by atoms with Crippen molar-refractivity contribution in [2.24, 2.45) is 0 Å². The van der Waals surface area contributed by atoms with Crippen molar-refractivity contribution in [3.05, 3.63) is 89.5 Å². The van der Waals surface area contributed by atoms with E-state index in [0.29, 0.717) is 28.9 Å². The number of nitrogens with zero attached hydrogens (tertiary/aromatic N) is 2. The Balaban J connectivity index is 1.16. The van der Waals surface area contributed by atoms with Gasteiger partial charge in [0.15, 0.2) is 6.10 Å². The van der Waals surface area contributed by atoms with Gasteiger partial charge >= 0.3 is 5.97 Å². The number of fused-ring (bicyclic) bond motifs is 3. The van der Waals surface area contributed by atoms with Crippen molar-refractivity contribution in [1.82, 2.24) is 15.3 Å². The van der Waals surface area contributed by atoms with Crippen LogP contribution in [0.2, 0.25) is 0 Å². The molecule has 1 aliphatic heterocycles. The minimum Gasteiger partial charge on any atom is -0.453 e. The fourth-order valence-corrected chi connectivity index (χ4v) is 4.85. The van der Waals surface area contributed by atoms with Crippen molar-refractivity contribution < 1.29 is 19.1 Å². The van der Waals surface area contributed by atoms with Crippen LogP contribution in [0, 0.1) is 0 Å². The second kappa shape index (κ2) is 11.8. The van der Waals surface area contributed by atoms with Crippen LogP contribution in [0.4, 0.5) is 11.6 Å². The van der Waals surface area contributed by atoms with E-state index in [-0.39, 0.29) is 18.4 Å². The third-order valence-electron chi connectivity index (χ3n) is 6.67. The van der Waals surface area contributed by atoms with Crippen LogP contribution >= 0.6 is 0 Å². The molecule has 0 radical (unpaired) electrons. The molecule has 3 N–H and O–H groups in total. The van der Waals surface area contributed by atoms with Gasteiger partial charge < -0.3 is 20.4 Å². The lowest BCUT2D eigenvalue weighted by Gasteiger charge is -2.23. The highest BCUT2D eigenvalue weighted by atomic mass is 16.5.